The summed E-state index contributed by atoms with van der Waals surface area (Å²) in [5.41, 5.74) is 0. The minimum Gasteiger partial charge on any atom is -0.507 e. The molecule has 0 aromatic heterocycles. The highest BCUT2D eigenvalue weighted by molar-refractivity contribution is 14.1. The summed E-state index contributed by atoms with van der Waals surface area (Å²) in [4.78, 5) is 0. The molecule has 76 valence electrons. The van der Waals surface area contributed by atoms with Crippen LogP contribution in [0.5, 0.6) is 17.2 Å². The van der Waals surface area contributed by atoms with Crippen molar-refractivity contribution < 1.29 is 9.84 Å². The molecule has 0 bridgehead atoms. The van der Waals surface area contributed by atoms with Gasteiger partial charge in [-0.2, -0.15) is 0 Å². The van der Waals surface area contributed by atoms with E-state index in [0.29, 0.717) is 5.75 Å². The summed E-state index contributed by atoms with van der Waals surface area (Å²) in [6.45, 7) is 0. The van der Waals surface area contributed by atoms with E-state index in [-0.39, 0.29) is 5.75 Å². The molecule has 0 aliphatic heterocycles. The Bertz CT molecular complexity index is 454. The van der Waals surface area contributed by atoms with Gasteiger partial charge in [0.2, 0.25) is 0 Å². The molecule has 2 aromatic carbocycles. The second-order valence-electron chi connectivity index (χ2n) is 3.00. The Morgan fingerprint density at radius 2 is 1.67 bits per heavy atom. The summed E-state index contributed by atoms with van der Waals surface area (Å²) >= 11 is 2.06. The molecule has 0 atom stereocenters. The van der Waals surface area contributed by atoms with Crippen molar-refractivity contribution in [1.29, 1.82) is 0 Å². The van der Waals surface area contributed by atoms with E-state index in [2.05, 4.69) is 22.6 Å². The van der Waals surface area contributed by atoms with E-state index in [1.54, 1.807) is 12.1 Å². The molecule has 15 heavy (non-hydrogen) atoms. The van der Waals surface area contributed by atoms with Gasteiger partial charge in [-0.25, -0.2) is 0 Å². The Labute approximate surface area is 102 Å². The van der Waals surface area contributed by atoms with Crippen LogP contribution >= 0.6 is 22.6 Å². The Morgan fingerprint density at radius 1 is 0.933 bits per heavy atom. The molecule has 0 amide bonds. The summed E-state index contributed by atoms with van der Waals surface area (Å²) in [5, 5.41) is 9.49. The number of hydrogen-bond donors (Lipinski definition) is 1. The zero-order valence-corrected chi connectivity index (χ0v) is 10.0. The number of halogens is 1. The molecule has 2 nitrogen and oxygen atoms in total. The van der Waals surface area contributed by atoms with Crippen LogP contribution in [0.25, 0.3) is 0 Å². The molecule has 0 saturated heterocycles. The number of phenols is 1. The van der Waals surface area contributed by atoms with E-state index in [0.717, 1.165) is 9.32 Å². The van der Waals surface area contributed by atoms with Crippen molar-refractivity contribution in [3.8, 4) is 17.2 Å². The van der Waals surface area contributed by atoms with Crippen LogP contribution in [0.1, 0.15) is 0 Å². The largest absolute Gasteiger partial charge is 0.507 e. The highest BCUT2D eigenvalue weighted by Gasteiger charge is 2.05. The Balaban J connectivity index is 2.29. The van der Waals surface area contributed by atoms with Crippen LogP contribution in [-0.4, -0.2) is 5.11 Å². The average Bonchev–Trinajstić information content (AvgIpc) is 2.26. The van der Waals surface area contributed by atoms with Gasteiger partial charge >= 0.3 is 0 Å². The van der Waals surface area contributed by atoms with Crippen molar-refractivity contribution in [3.63, 3.8) is 0 Å². The maximum Gasteiger partial charge on any atom is 0.144 e. The molecule has 0 fully saturated rings. The monoisotopic (exact) mass is 312 g/mol. The Morgan fingerprint density at radius 3 is 2.40 bits per heavy atom. The zero-order chi connectivity index (χ0) is 10.7. The quantitative estimate of drug-likeness (QED) is 0.855. The normalized spacial score (nSPS) is 9.93. The van der Waals surface area contributed by atoms with E-state index < -0.39 is 0 Å². The van der Waals surface area contributed by atoms with Crippen LogP contribution in [0.2, 0.25) is 0 Å². The predicted octanol–water partition coefficient (Wildman–Crippen LogP) is 3.79. The standard InChI is InChI=1S/C12H9IO2/c13-12-10(14)7-4-8-11(12)15-9-5-2-1-3-6-9/h1-8,14H. The number of aromatic hydroxyl groups is 1. The average molecular weight is 312 g/mol. The number of ether oxygens (including phenoxy) is 1. The van der Waals surface area contributed by atoms with Gasteiger partial charge in [0.25, 0.3) is 0 Å². The summed E-state index contributed by atoms with van der Waals surface area (Å²) in [6.07, 6.45) is 0. The second kappa shape index (κ2) is 4.53. The van der Waals surface area contributed by atoms with Gasteiger partial charge in [0.15, 0.2) is 0 Å². The van der Waals surface area contributed by atoms with E-state index in [1.807, 2.05) is 36.4 Å². The number of benzene rings is 2. The molecule has 0 heterocycles. The van der Waals surface area contributed by atoms with Gasteiger partial charge in [-0.15, -0.1) is 0 Å². The topological polar surface area (TPSA) is 29.5 Å². The molecular formula is C12H9IO2. The zero-order valence-electron chi connectivity index (χ0n) is 7.85. The van der Waals surface area contributed by atoms with Crippen LogP contribution in [0.15, 0.2) is 48.5 Å². The van der Waals surface area contributed by atoms with Gasteiger partial charge in [0.05, 0.1) is 3.57 Å². The molecule has 3 heteroatoms. The van der Waals surface area contributed by atoms with Gasteiger partial charge in [0, 0.05) is 0 Å². The van der Waals surface area contributed by atoms with Crippen molar-refractivity contribution in [2.75, 3.05) is 0 Å². The minimum absolute atomic E-state index is 0.240. The molecule has 2 rings (SSSR count). The van der Waals surface area contributed by atoms with Crippen LogP contribution in [0, 0.1) is 3.57 Å². The maximum absolute atomic E-state index is 9.49. The summed E-state index contributed by atoms with van der Waals surface area (Å²) < 4.78 is 6.34. The van der Waals surface area contributed by atoms with Crippen LogP contribution in [0.3, 0.4) is 0 Å². The number of phenolic OH excluding ortho intramolecular Hbond substituents is 1. The highest BCUT2D eigenvalue weighted by atomic mass is 127. The molecule has 1 N–H and O–H groups in total. The van der Waals surface area contributed by atoms with E-state index >= 15 is 0 Å². The van der Waals surface area contributed by atoms with Crippen molar-refractivity contribution in [1.82, 2.24) is 0 Å². The minimum atomic E-state index is 0.240. The van der Waals surface area contributed by atoms with Crippen LogP contribution < -0.4 is 4.74 Å². The number of rotatable bonds is 2. The smallest absolute Gasteiger partial charge is 0.144 e. The fourth-order valence-corrected chi connectivity index (χ4v) is 1.66. The first-order valence-corrected chi connectivity index (χ1v) is 5.55. The molecular weight excluding hydrogens is 303 g/mol. The lowest BCUT2D eigenvalue weighted by Crippen LogP contribution is -1.86. The van der Waals surface area contributed by atoms with Crippen molar-refractivity contribution in [3.05, 3.63) is 52.1 Å². The predicted molar refractivity (Wildman–Crippen MR) is 67.3 cm³/mol. The molecule has 2 aromatic rings. The van der Waals surface area contributed by atoms with Gasteiger partial charge in [0.1, 0.15) is 17.2 Å². The van der Waals surface area contributed by atoms with Crippen LogP contribution in [0.4, 0.5) is 0 Å². The fraction of sp³-hybridized carbons (Fsp3) is 0. The number of hydrogen-bond acceptors (Lipinski definition) is 2. The van der Waals surface area contributed by atoms with Gasteiger partial charge in [-0.1, -0.05) is 24.3 Å². The van der Waals surface area contributed by atoms with E-state index in [9.17, 15) is 5.11 Å². The van der Waals surface area contributed by atoms with Gasteiger partial charge in [-0.3, -0.25) is 0 Å². The molecule has 0 unspecified atom stereocenters. The van der Waals surface area contributed by atoms with E-state index in [4.69, 9.17) is 4.74 Å². The third kappa shape index (κ3) is 2.41. The molecule has 0 aliphatic rings. The van der Waals surface area contributed by atoms with E-state index in [1.165, 1.54) is 0 Å². The second-order valence-corrected chi connectivity index (χ2v) is 4.08. The third-order valence-electron chi connectivity index (χ3n) is 1.91. The SMILES string of the molecule is Oc1cccc(Oc2ccccc2)c1I. The summed E-state index contributed by atoms with van der Waals surface area (Å²) in [7, 11) is 0. The van der Waals surface area contributed by atoms with Crippen molar-refractivity contribution in [2.24, 2.45) is 0 Å². The van der Waals surface area contributed by atoms with Gasteiger partial charge in [-0.05, 0) is 46.9 Å². The highest BCUT2D eigenvalue weighted by Crippen LogP contribution is 2.31. The lowest BCUT2D eigenvalue weighted by Gasteiger charge is -2.07. The maximum atomic E-state index is 9.49. The van der Waals surface area contributed by atoms with Gasteiger partial charge < -0.3 is 9.84 Å². The number of para-hydroxylation sites is 1. The Hall–Kier alpha value is -1.23. The lowest BCUT2D eigenvalue weighted by atomic mass is 10.3. The molecule has 0 aliphatic carbocycles. The first-order valence-electron chi connectivity index (χ1n) is 4.48. The van der Waals surface area contributed by atoms with Crippen LogP contribution in [-0.2, 0) is 0 Å². The third-order valence-corrected chi connectivity index (χ3v) is 3.00. The first-order chi connectivity index (χ1) is 7.27. The summed E-state index contributed by atoms with van der Waals surface area (Å²) in [5.74, 6) is 1.67. The Kier molecular flexibility index (Phi) is 3.11. The van der Waals surface area contributed by atoms with Crippen molar-refractivity contribution >= 4 is 22.6 Å². The molecule has 0 saturated carbocycles. The molecule has 0 radical (unpaired) electrons. The molecule has 0 spiro atoms. The summed E-state index contributed by atoms with van der Waals surface area (Å²) in [6, 6.07) is 14.7. The fourth-order valence-electron chi connectivity index (χ4n) is 1.19. The van der Waals surface area contributed by atoms with Crippen molar-refractivity contribution in [2.45, 2.75) is 0 Å². The lowest BCUT2D eigenvalue weighted by molar-refractivity contribution is 0.449. The first kappa shape index (κ1) is 10.3.